The average molecular weight is 353 g/mol. The summed E-state index contributed by atoms with van der Waals surface area (Å²) in [5.41, 5.74) is 2.68. The van der Waals surface area contributed by atoms with Gasteiger partial charge in [-0.3, -0.25) is 0 Å². The van der Waals surface area contributed by atoms with Crippen molar-refractivity contribution in [2.24, 2.45) is 5.92 Å². The zero-order valence-corrected chi connectivity index (χ0v) is 15.2. The van der Waals surface area contributed by atoms with E-state index in [2.05, 4.69) is 65.2 Å². The number of hydrogen-bond acceptors (Lipinski definition) is 2. The van der Waals surface area contributed by atoms with E-state index >= 15 is 0 Å². The summed E-state index contributed by atoms with van der Waals surface area (Å²) in [5, 5.41) is 3.46. The third-order valence-corrected chi connectivity index (χ3v) is 5.35. The molecule has 0 bridgehead atoms. The smallest absolute Gasteiger partial charge is 0.0510 e. The molecule has 0 saturated heterocycles. The predicted molar refractivity (Wildman–Crippen MR) is 96.0 cm³/mol. The molecule has 0 heterocycles. The highest BCUT2D eigenvalue weighted by molar-refractivity contribution is 9.10. The molecule has 2 atom stereocenters. The lowest BCUT2D eigenvalue weighted by Gasteiger charge is -2.38. The van der Waals surface area contributed by atoms with E-state index in [9.17, 15) is 0 Å². The fourth-order valence-corrected chi connectivity index (χ4v) is 4.11. The van der Waals surface area contributed by atoms with Crippen molar-refractivity contribution in [3.8, 4) is 0 Å². The minimum absolute atomic E-state index is 0.680. The Labute approximate surface area is 138 Å². The van der Waals surface area contributed by atoms with Crippen molar-refractivity contribution in [3.63, 3.8) is 0 Å². The molecule has 118 valence electrons. The van der Waals surface area contributed by atoms with Gasteiger partial charge in [-0.05, 0) is 65.4 Å². The van der Waals surface area contributed by atoms with Gasteiger partial charge in [-0.1, -0.05) is 32.8 Å². The Bertz CT molecular complexity index is 447. The van der Waals surface area contributed by atoms with E-state index in [0.29, 0.717) is 6.04 Å². The zero-order valence-electron chi connectivity index (χ0n) is 13.7. The molecule has 1 aromatic carbocycles. The number of benzene rings is 1. The highest BCUT2D eigenvalue weighted by Crippen LogP contribution is 2.34. The zero-order chi connectivity index (χ0) is 15.2. The molecule has 3 heteroatoms. The van der Waals surface area contributed by atoms with Crippen LogP contribution in [0.5, 0.6) is 0 Å². The molecular formula is C18H29BrN2. The van der Waals surface area contributed by atoms with Gasteiger partial charge in [-0.2, -0.15) is 0 Å². The summed E-state index contributed by atoms with van der Waals surface area (Å²) in [6.45, 7) is 6.64. The summed E-state index contributed by atoms with van der Waals surface area (Å²) in [4.78, 5) is 2.48. The molecule has 1 aromatic rings. The Morgan fingerprint density at radius 2 is 2.05 bits per heavy atom. The first-order valence-electron chi connectivity index (χ1n) is 8.35. The first-order chi connectivity index (χ1) is 10.1. The third-order valence-electron chi connectivity index (χ3n) is 4.71. The van der Waals surface area contributed by atoms with E-state index in [-0.39, 0.29) is 0 Å². The topological polar surface area (TPSA) is 15.3 Å². The Morgan fingerprint density at radius 3 is 2.71 bits per heavy atom. The highest BCUT2D eigenvalue weighted by Gasteiger charge is 2.26. The van der Waals surface area contributed by atoms with Gasteiger partial charge in [0.15, 0.2) is 0 Å². The fourth-order valence-electron chi connectivity index (χ4n) is 3.41. The summed E-state index contributed by atoms with van der Waals surface area (Å²) in [5.74, 6) is 0.793. The first kappa shape index (κ1) is 16.8. The standard InChI is InChI=1S/C18H29BrN2/c1-4-11-20-13-15-9-10-18(16(19)12-15)21(3)17-8-6-5-7-14(17)2/h9-10,12,14,17,20H,4-8,11,13H2,1-3H3. The van der Waals surface area contributed by atoms with Gasteiger partial charge < -0.3 is 10.2 Å². The summed E-state index contributed by atoms with van der Waals surface area (Å²) in [6.07, 6.45) is 6.64. The molecule has 2 nitrogen and oxygen atoms in total. The van der Waals surface area contributed by atoms with Crippen molar-refractivity contribution in [3.05, 3.63) is 28.2 Å². The molecule has 0 radical (unpaired) electrons. The van der Waals surface area contributed by atoms with Crippen molar-refractivity contribution < 1.29 is 0 Å². The van der Waals surface area contributed by atoms with Crippen LogP contribution in [-0.2, 0) is 6.54 Å². The molecule has 0 aliphatic heterocycles. The van der Waals surface area contributed by atoms with Crippen LogP contribution in [0.25, 0.3) is 0 Å². The first-order valence-corrected chi connectivity index (χ1v) is 9.14. The molecule has 1 fully saturated rings. The minimum Gasteiger partial charge on any atom is -0.370 e. The maximum atomic E-state index is 3.77. The number of halogens is 1. The number of anilines is 1. The molecule has 2 unspecified atom stereocenters. The second-order valence-electron chi connectivity index (χ2n) is 6.40. The second-order valence-corrected chi connectivity index (χ2v) is 7.26. The largest absolute Gasteiger partial charge is 0.370 e. The van der Waals surface area contributed by atoms with Gasteiger partial charge in [-0.15, -0.1) is 0 Å². The summed E-state index contributed by atoms with van der Waals surface area (Å²) in [7, 11) is 2.25. The van der Waals surface area contributed by atoms with Crippen LogP contribution < -0.4 is 10.2 Å². The Hall–Kier alpha value is -0.540. The van der Waals surface area contributed by atoms with E-state index in [4.69, 9.17) is 0 Å². The summed E-state index contributed by atoms with van der Waals surface area (Å²) < 4.78 is 1.22. The second kappa shape index (κ2) is 8.19. The maximum Gasteiger partial charge on any atom is 0.0510 e. The van der Waals surface area contributed by atoms with Gasteiger partial charge in [0.05, 0.1) is 5.69 Å². The quantitative estimate of drug-likeness (QED) is 0.727. The number of nitrogens with one attached hydrogen (secondary N) is 1. The minimum atomic E-state index is 0.680. The van der Waals surface area contributed by atoms with Crippen LogP contribution in [0.2, 0.25) is 0 Å². The lowest BCUT2D eigenvalue weighted by Crippen LogP contribution is -2.39. The van der Waals surface area contributed by atoms with E-state index in [1.807, 2.05) is 0 Å². The Balaban J connectivity index is 2.05. The van der Waals surface area contributed by atoms with Crippen LogP contribution in [0, 0.1) is 5.92 Å². The molecular weight excluding hydrogens is 324 g/mol. The lowest BCUT2D eigenvalue weighted by molar-refractivity contribution is 0.321. The lowest BCUT2D eigenvalue weighted by atomic mass is 9.85. The van der Waals surface area contributed by atoms with Gasteiger partial charge in [-0.25, -0.2) is 0 Å². The van der Waals surface area contributed by atoms with Gasteiger partial charge in [0.2, 0.25) is 0 Å². The van der Waals surface area contributed by atoms with Gasteiger partial charge in [0, 0.05) is 24.1 Å². The molecule has 0 aromatic heterocycles. The molecule has 1 aliphatic carbocycles. The molecule has 0 spiro atoms. The molecule has 1 aliphatic rings. The SMILES string of the molecule is CCCNCc1ccc(N(C)C2CCCCC2C)c(Br)c1. The molecule has 2 rings (SSSR count). The Morgan fingerprint density at radius 1 is 1.29 bits per heavy atom. The highest BCUT2D eigenvalue weighted by atomic mass is 79.9. The van der Waals surface area contributed by atoms with Crippen molar-refractivity contribution in [2.45, 2.75) is 58.5 Å². The van der Waals surface area contributed by atoms with Gasteiger partial charge in [0.1, 0.15) is 0 Å². The molecule has 1 saturated carbocycles. The van der Waals surface area contributed by atoms with Crippen LogP contribution in [0.3, 0.4) is 0 Å². The van der Waals surface area contributed by atoms with E-state index in [1.54, 1.807) is 0 Å². The van der Waals surface area contributed by atoms with Crippen LogP contribution >= 0.6 is 15.9 Å². The summed E-state index contributed by atoms with van der Waals surface area (Å²) in [6, 6.07) is 7.47. The summed E-state index contributed by atoms with van der Waals surface area (Å²) >= 11 is 3.77. The normalized spacial score (nSPS) is 22.3. The van der Waals surface area contributed by atoms with Gasteiger partial charge in [0.25, 0.3) is 0 Å². The van der Waals surface area contributed by atoms with E-state index < -0.39 is 0 Å². The average Bonchev–Trinajstić information content (AvgIpc) is 2.47. The van der Waals surface area contributed by atoms with E-state index in [0.717, 1.165) is 19.0 Å². The van der Waals surface area contributed by atoms with Crippen LogP contribution in [0.4, 0.5) is 5.69 Å². The van der Waals surface area contributed by atoms with Gasteiger partial charge >= 0.3 is 0 Å². The van der Waals surface area contributed by atoms with Crippen molar-refractivity contribution in [1.82, 2.24) is 5.32 Å². The monoisotopic (exact) mass is 352 g/mol. The maximum absolute atomic E-state index is 3.77. The predicted octanol–water partition coefficient (Wildman–Crippen LogP) is 4.96. The van der Waals surface area contributed by atoms with Crippen LogP contribution in [0.1, 0.15) is 51.5 Å². The number of hydrogen-bond donors (Lipinski definition) is 1. The van der Waals surface area contributed by atoms with Crippen LogP contribution in [0.15, 0.2) is 22.7 Å². The Kier molecular flexibility index (Phi) is 6.56. The molecule has 1 N–H and O–H groups in total. The van der Waals surface area contributed by atoms with Crippen molar-refractivity contribution >= 4 is 21.6 Å². The third kappa shape index (κ3) is 4.46. The van der Waals surface area contributed by atoms with Crippen molar-refractivity contribution in [1.29, 1.82) is 0 Å². The molecule has 0 amide bonds. The number of nitrogens with zero attached hydrogens (tertiary/aromatic N) is 1. The van der Waals surface area contributed by atoms with Crippen LogP contribution in [-0.4, -0.2) is 19.6 Å². The molecule has 21 heavy (non-hydrogen) atoms. The van der Waals surface area contributed by atoms with Crippen molar-refractivity contribution in [2.75, 3.05) is 18.5 Å². The number of rotatable bonds is 6. The fraction of sp³-hybridized carbons (Fsp3) is 0.667. The van der Waals surface area contributed by atoms with E-state index in [1.165, 1.54) is 47.8 Å².